The van der Waals surface area contributed by atoms with Gasteiger partial charge in [0.2, 0.25) is 0 Å². The van der Waals surface area contributed by atoms with Crippen molar-refractivity contribution in [2.75, 3.05) is 18.9 Å². The molecular weight excluding hydrogens is 530 g/mol. The number of para-hydroxylation sites is 1. The lowest BCUT2D eigenvalue weighted by Gasteiger charge is -2.14. The van der Waals surface area contributed by atoms with Crippen LogP contribution in [0.4, 0.5) is 5.82 Å². The second kappa shape index (κ2) is 10.7. The van der Waals surface area contributed by atoms with E-state index in [1.807, 2.05) is 25.2 Å². The molecule has 0 saturated heterocycles. The first-order valence-corrected chi connectivity index (χ1v) is 13.8. The van der Waals surface area contributed by atoms with Gasteiger partial charge in [0.15, 0.2) is 11.6 Å². The van der Waals surface area contributed by atoms with Gasteiger partial charge in [-0.15, -0.1) is 0 Å². The van der Waals surface area contributed by atoms with Crippen LogP contribution < -0.4 is 14.2 Å². The predicted octanol–water partition coefficient (Wildman–Crippen LogP) is 5.86. The van der Waals surface area contributed by atoms with E-state index in [4.69, 9.17) is 14.0 Å². The SMILES string of the molecule is COc1cc(OC)c(-c2cc3ccccc3n2C)cc1C=CC(=O)c1ccc(S(=O)(=O)Nc2cc(C)on2)cc1. The number of methoxy groups -OCH3 is 2. The summed E-state index contributed by atoms with van der Waals surface area (Å²) in [5.74, 6) is 1.43. The van der Waals surface area contributed by atoms with Gasteiger partial charge < -0.3 is 18.6 Å². The molecule has 1 N–H and O–H groups in total. The van der Waals surface area contributed by atoms with Gasteiger partial charge in [-0.3, -0.25) is 9.52 Å². The monoisotopic (exact) mass is 557 g/mol. The molecule has 0 bridgehead atoms. The Labute approximate surface area is 231 Å². The average molecular weight is 558 g/mol. The zero-order valence-corrected chi connectivity index (χ0v) is 23.2. The summed E-state index contributed by atoms with van der Waals surface area (Å²) in [5.41, 5.74) is 3.89. The maximum Gasteiger partial charge on any atom is 0.263 e. The molecule has 9 nitrogen and oxygen atoms in total. The maximum absolute atomic E-state index is 13.0. The summed E-state index contributed by atoms with van der Waals surface area (Å²) in [4.78, 5) is 13.0. The highest BCUT2D eigenvalue weighted by Crippen LogP contribution is 2.38. The number of carbonyl (C=O) groups excluding carboxylic acids is 1. The largest absolute Gasteiger partial charge is 0.496 e. The summed E-state index contributed by atoms with van der Waals surface area (Å²) in [6.45, 7) is 1.66. The van der Waals surface area contributed by atoms with E-state index in [2.05, 4.69) is 32.6 Å². The third-order valence-electron chi connectivity index (χ3n) is 6.51. The van der Waals surface area contributed by atoms with Crippen molar-refractivity contribution >= 4 is 38.6 Å². The average Bonchev–Trinajstić information content (AvgIpc) is 3.52. The summed E-state index contributed by atoms with van der Waals surface area (Å²) in [5, 5.41) is 4.74. The number of fused-ring (bicyclic) bond motifs is 1. The Balaban J connectivity index is 1.42. The zero-order valence-electron chi connectivity index (χ0n) is 22.3. The summed E-state index contributed by atoms with van der Waals surface area (Å²) < 4.78 is 45.9. The van der Waals surface area contributed by atoms with Crippen molar-refractivity contribution in [2.45, 2.75) is 11.8 Å². The zero-order chi connectivity index (χ0) is 28.4. The fraction of sp³-hybridized carbons (Fsp3) is 0.133. The molecule has 5 aromatic rings. The number of rotatable bonds is 9. The van der Waals surface area contributed by atoms with E-state index < -0.39 is 10.0 Å². The van der Waals surface area contributed by atoms with Crippen LogP contribution in [0, 0.1) is 6.92 Å². The number of ether oxygens (including phenoxy) is 2. The summed E-state index contributed by atoms with van der Waals surface area (Å²) in [6.07, 6.45) is 3.10. The molecule has 0 amide bonds. The van der Waals surface area contributed by atoms with Gasteiger partial charge in [0.05, 0.1) is 24.8 Å². The molecule has 0 spiro atoms. The highest BCUT2D eigenvalue weighted by Gasteiger charge is 2.18. The third kappa shape index (κ3) is 5.21. The van der Waals surface area contributed by atoms with Gasteiger partial charge in [0.1, 0.15) is 17.3 Å². The molecule has 0 aliphatic rings. The molecule has 0 radical (unpaired) electrons. The fourth-order valence-corrected chi connectivity index (χ4v) is 5.46. The number of hydrogen-bond donors (Lipinski definition) is 1. The van der Waals surface area contributed by atoms with Crippen molar-refractivity contribution in [3.8, 4) is 22.8 Å². The lowest BCUT2D eigenvalue weighted by atomic mass is 10.0. The standard InChI is InChI=1S/C30H27N3O6S/c1-19-15-30(31-39-19)32-40(35,36)23-12-9-20(10-13-23)27(34)14-11-22-16-24(29(38-4)18-28(22)37-3)26-17-21-7-5-6-8-25(21)33(26)2/h5-18H,1-4H3,(H,31,32). The van der Waals surface area contributed by atoms with Crippen LogP contribution in [-0.2, 0) is 17.1 Å². The van der Waals surface area contributed by atoms with E-state index >= 15 is 0 Å². The number of nitrogens with zero attached hydrogens (tertiary/aromatic N) is 2. The Kier molecular flexibility index (Phi) is 7.19. The van der Waals surface area contributed by atoms with E-state index in [1.165, 1.54) is 36.4 Å². The molecule has 0 atom stereocenters. The Hall–Kier alpha value is -4.83. The first-order chi connectivity index (χ1) is 19.2. The van der Waals surface area contributed by atoms with Crippen LogP contribution in [0.2, 0.25) is 0 Å². The van der Waals surface area contributed by atoms with E-state index in [-0.39, 0.29) is 16.5 Å². The van der Waals surface area contributed by atoms with E-state index in [1.54, 1.807) is 33.3 Å². The molecule has 204 valence electrons. The molecule has 40 heavy (non-hydrogen) atoms. The van der Waals surface area contributed by atoms with Gasteiger partial charge in [-0.1, -0.05) is 23.4 Å². The molecule has 2 aromatic heterocycles. The molecule has 0 aliphatic carbocycles. The van der Waals surface area contributed by atoms with Gasteiger partial charge in [-0.05, 0) is 61.5 Å². The van der Waals surface area contributed by atoms with Gasteiger partial charge >= 0.3 is 0 Å². The Morgan fingerprint density at radius 2 is 1.70 bits per heavy atom. The topological polar surface area (TPSA) is 113 Å². The number of ketones is 1. The molecule has 5 rings (SSSR count). The van der Waals surface area contributed by atoms with Gasteiger partial charge in [0.25, 0.3) is 10.0 Å². The normalized spacial score (nSPS) is 11.7. The first kappa shape index (κ1) is 26.8. The number of nitrogens with one attached hydrogen (secondary N) is 1. The van der Waals surface area contributed by atoms with E-state index in [0.717, 1.165) is 22.2 Å². The molecule has 0 unspecified atom stereocenters. The van der Waals surface area contributed by atoms with Crippen molar-refractivity contribution in [3.05, 3.63) is 95.8 Å². The minimum Gasteiger partial charge on any atom is -0.496 e. The van der Waals surface area contributed by atoms with Crippen LogP contribution in [0.25, 0.3) is 28.2 Å². The number of allylic oxidation sites excluding steroid dienone is 1. The second-order valence-corrected chi connectivity index (χ2v) is 10.8. The number of carbonyl (C=O) groups is 1. The summed E-state index contributed by atoms with van der Waals surface area (Å²) in [6, 6.07) is 21.0. The number of benzene rings is 3. The molecule has 2 heterocycles. The minimum absolute atomic E-state index is 0.00916. The second-order valence-electron chi connectivity index (χ2n) is 9.09. The van der Waals surface area contributed by atoms with Crippen molar-refractivity contribution in [1.29, 1.82) is 0 Å². The van der Waals surface area contributed by atoms with Crippen LogP contribution >= 0.6 is 0 Å². The third-order valence-corrected chi connectivity index (χ3v) is 7.88. The van der Waals surface area contributed by atoms with Crippen molar-refractivity contribution < 1.29 is 27.2 Å². The van der Waals surface area contributed by atoms with Crippen LogP contribution in [-0.4, -0.2) is 38.1 Å². The van der Waals surface area contributed by atoms with Gasteiger partial charge in [-0.25, -0.2) is 8.42 Å². The highest BCUT2D eigenvalue weighted by atomic mass is 32.2. The Morgan fingerprint density at radius 3 is 2.35 bits per heavy atom. The molecule has 0 aliphatic heterocycles. The Morgan fingerprint density at radius 1 is 0.975 bits per heavy atom. The van der Waals surface area contributed by atoms with Crippen LogP contribution in [0.1, 0.15) is 21.7 Å². The first-order valence-electron chi connectivity index (χ1n) is 12.3. The van der Waals surface area contributed by atoms with Crippen LogP contribution in [0.15, 0.2) is 88.3 Å². The Bertz CT molecular complexity index is 1850. The molecule has 10 heteroatoms. The van der Waals surface area contributed by atoms with Crippen molar-refractivity contribution in [3.63, 3.8) is 0 Å². The lowest BCUT2D eigenvalue weighted by Crippen LogP contribution is -2.13. The maximum atomic E-state index is 13.0. The molecule has 0 fully saturated rings. The fourth-order valence-electron chi connectivity index (χ4n) is 4.47. The number of aromatic nitrogens is 2. The summed E-state index contributed by atoms with van der Waals surface area (Å²) >= 11 is 0. The number of hydrogen-bond acceptors (Lipinski definition) is 7. The predicted molar refractivity (Wildman–Crippen MR) is 153 cm³/mol. The summed E-state index contributed by atoms with van der Waals surface area (Å²) in [7, 11) is 1.26. The molecule has 3 aromatic carbocycles. The molecular formula is C30H27N3O6S. The smallest absolute Gasteiger partial charge is 0.263 e. The number of anilines is 1. The van der Waals surface area contributed by atoms with Crippen molar-refractivity contribution in [2.24, 2.45) is 7.05 Å². The number of sulfonamides is 1. The van der Waals surface area contributed by atoms with E-state index in [9.17, 15) is 13.2 Å². The van der Waals surface area contributed by atoms with Crippen LogP contribution in [0.5, 0.6) is 11.5 Å². The van der Waals surface area contributed by atoms with Crippen LogP contribution in [0.3, 0.4) is 0 Å². The molecule has 0 saturated carbocycles. The quantitative estimate of drug-likeness (QED) is 0.179. The lowest BCUT2D eigenvalue weighted by molar-refractivity contribution is 0.104. The van der Waals surface area contributed by atoms with E-state index in [0.29, 0.717) is 28.4 Å². The minimum atomic E-state index is -3.89. The number of aryl methyl sites for hydroxylation is 2. The van der Waals surface area contributed by atoms with Gasteiger partial charge in [-0.2, -0.15) is 0 Å². The highest BCUT2D eigenvalue weighted by molar-refractivity contribution is 7.92. The van der Waals surface area contributed by atoms with Crippen molar-refractivity contribution in [1.82, 2.24) is 9.72 Å². The van der Waals surface area contributed by atoms with Gasteiger partial charge in [0, 0.05) is 46.8 Å².